The second-order valence-corrected chi connectivity index (χ2v) is 11.1. The molecule has 2 N–H and O–H groups in total. The van der Waals surface area contributed by atoms with Crippen molar-refractivity contribution in [3.63, 3.8) is 0 Å². The van der Waals surface area contributed by atoms with Crippen LogP contribution in [0.2, 0.25) is 0 Å². The number of carbonyl (C=O) groups is 1. The number of carbonyl (C=O) groups excluding carboxylic acids is 1. The van der Waals surface area contributed by atoms with E-state index < -0.39 is 27.7 Å². The molecule has 0 radical (unpaired) electrons. The number of anilines is 3. The fourth-order valence-corrected chi connectivity index (χ4v) is 4.70. The van der Waals surface area contributed by atoms with Crippen molar-refractivity contribution in [3.8, 4) is 5.69 Å². The van der Waals surface area contributed by atoms with Crippen LogP contribution < -0.4 is 14.9 Å². The van der Waals surface area contributed by atoms with E-state index >= 15 is 0 Å². The SMILES string of the molecule is CC(C)(C)c1cc(NC(=O)Nc2cccc(F)c2F)n(-c2ccc3c(c2)CCN3S(C)(=O)=O)n1. The van der Waals surface area contributed by atoms with Crippen molar-refractivity contribution in [2.24, 2.45) is 0 Å². The van der Waals surface area contributed by atoms with Gasteiger partial charge in [-0.05, 0) is 42.3 Å². The second-order valence-electron chi connectivity index (χ2n) is 9.16. The summed E-state index contributed by atoms with van der Waals surface area (Å²) in [6.07, 6.45) is 1.72. The molecule has 2 aromatic carbocycles. The van der Waals surface area contributed by atoms with E-state index in [0.29, 0.717) is 35.9 Å². The smallest absolute Gasteiger partial charge is 0.305 e. The van der Waals surface area contributed by atoms with Gasteiger partial charge in [0.15, 0.2) is 11.6 Å². The van der Waals surface area contributed by atoms with Gasteiger partial charge in [-0.1, -0.05) is 26.8 Å². The maximum absolute atomic E-state index is 14.0. The Labute approximate surface area is 196 Å². The Morgan fingerprint density at radius 2 is 1.82 bits per heavy atom. The van der Waals surface area contributed by atoms with Gasteiger partial charge in [0.2, 0.25) is 10.0 Å². The van der Waals surface area contributed by atoms with Gasteiger partial charge in [0.25, 0.3) is 0 Å². The van der Waals surface area contributed by atoms with Crippen LogP contribution in [0.25, 0.3) is 5.69 Å². The highest BCUT2D eigenvalue weighted by Crippen LogP contribution is 2.33. The first-order valence-electron chi connectivity index (χ1n) is 10.6. The summed E-state index contributed by atoms with van der Waals surface area (Å²) in [5.41, 5.74) is 2.14. The minimum Gasteiger partial charge on any atom is -0.305 e. The highest BCUT2D eigenvalue weighted by molar-refractivity contribution is 7.92. The maximum Gasteiger partial charge on any atom is 0.324 e. The first-order chi connectivity index (χ1) is 15.8. The van der Waals surface area contributed by atoms with Gasteiger partial charge in [-0.3, -0.25) is 9.62 Å². The van der Waals surface area contributed by atoms with Crippen LogP contribution in [0.1, 0.15) is 32.0 Å². The molecule has 0 atom stereocenters. The summed E-state index contributed by atoms with van der Waals surface area (Å²) in [5.74, 6) is -1.91. The number of hydrogen-bond donors (Lipinski definition) is 2. The molecule has 1 aromatic heterocycles. The number of nitrogens with one attached hydrogen (secondary N) is 2. The average molecular weight is 490 g/mol. The number of rotatable bonds is 4. The Bertz CT molecular complexity index is 1380. The molecule has 1 aliphatic heterocycles. The zero-order valence-electron chi connectivity index (χ0n) is 19.2. The quantitative estimate of drug-likeness (QED) is 0.567. The molecule has 2 amide bonds. The Morgan fingerprint density at radius 1 is 1.09 bits per heavy atom. The molecule has 0 aliphatic carbocycles. The van der Waals surface area contributed by atoms with Gasteiger partial charge in [-0.15, -0.1) is 0 Å². The molecule has 3 aromatic rings. The lowest BCUT2D eigenvalue weighted by Gasteiger charge is -2.17. The fourth-order valence-electron chi connectivity index (χ4n) is 3.74. The number of benzene rings is 2. The van der Waals surface area contributed by atoms with Crippen molar-refractivity contribution in [1.29, 1.82) is 0 Å². The van der Waals surface area contributed by atoms with E-state index in [0.717, 1.165) is 11.6 Å². The summed E-state index contributed by atoms with van der Waals surface area (Å²) in [7, 11) is -3.38. The number of urea groups is 1. The van der Waals surface area contributed by atoms with Crippen LogP contribution in [0.3, 0.4) is 0 Å². The summed E-state index contributed by atoms with van der Waals surface area (Å²) in [4.78, 5) is 12.6. The topological polar surface area (TPSA) is 96.3 Å². The van der Waals surface area contributed by atoms with E-state index in [1.807, 2.05) is 26.8 Å². The van der Waals surface area contributed by atoms with E-state index in [1.165, 1.54) is 27.4 Å². The zero-order chi connectivity index (χ0) is 24.8. The molecule has 4 rings (SSSR count). The molecule has 1 aliphatic rings. The zero-order valence-corrected chi connectivity index (χ0v) is 20.0. The van der Waals surface area contributed by atoms with Crippen LogP contribution in [0.15, 0.2) is 42.5 Å². The summed E-state index contributed by atoms with van der Waals surface area (Å²) in [6, 6.07) is 9.70. The third-order valence-electron chi connectivity index (χ3n) is 5.48. The summed E-state index contributed by atoms with van der Waals surface area (Å²) in [5, 5.41) is 9.61. The van der Waals surface area contributed by atoms with Crippen LogP contribution in [-0.2, 0) is 21.9 Å². The monoisotopic (exact) mass is 489 g/mol. The third kappa shape index (κ3) is 4.60. The lowest BCUT2D eigenvalue weighted by Crippen LogP contribution is -2.27. The van der Waals surface area contributed by atoms with E-state index in [1.54, 1.807) is 18.2 Å². The van der Waals surface area contributed by atoms with Crippen LogP contribution in [0.5, 0.6) is 0 Å². The molecule has 2 heterocycles. The standard InChI is InChI=1S/C23H25F2N5O3S/c1-23(2,3)19-13-20(27-22(31)26-17-7-5-6-16(24)21(17)25)30(28-19)15-8-9-18-14(12-15)10-11-29(18)34(4,32)33/h5-9,12-13H,10-11H2,1-4H3,(H2,26,27,31). The van der Waals surface area contributed by atoms with Gasteiger partial charge < -0.3 is 5.32 Å². The number of hydrogen-bond acceptors (Lipinski definition) is 4. The predicted octanol–water partition coefficient (Wildman–Crippen LogP) is 4.41. The first kappa shape index (κ1) is 23.7. The van der Waals surface area contributed by atoms with Gasteiger partial charge in [0, 0.05) is 18.0 Å². The minimum atomic E-state index is -3.38. The van der Waals surface area contributed by atoms with Crippen LogP contribution >= 0.6 is 0 Å². The predicted molar refractivity (Wildman–Crippen MR) is 127 cm³/mol. The highest BCUT2D eigenvalue weighted by atomic mass is 32.2. The van der Waals surface area contributed by atoms with Gasteiger partial charge in [-0.25, -0.2) is 26.7 Å². The maximum atomic E-state index is 14.0. The van der Waals surface area contributed by atoms with Crippen LogP contribution in [0.4, 0.5) is 30.8 Å². The lowest BCUT2D eigenvalue weighted by atomic mass is 9.92. The largest absolute Gasteiger partial charge is 0.324 e. The van der Waals surface area contributed by atoms with E-state index in [-0.39, 0.29) is 11.1 Å². The normalized spacial score (nSPS) is 13.6. The summed E-state index contributed by atoms with van der Waals surface area (Å²) in [6.45, 7) is 6.27. The van der Waals surface area contributed by atoms with Crippen molar-refractivity contribution < 1.29 is 22.0 Å². The van der Waals surface area contributed by atoms with Gasteiger partial charge >= 0.3 is 6.03 Å². The molecule has 0 fully saturated rings. The molecule has 0 saturated carbocycles. The Morgan fingerprint density at radius 3 is 2.50 bits per heavy atom. The third-order valence-corrected chi connectivity index (χ3v) is 6.66. The molecule has 11 heteroatoms. The molecule has 0 bridgehead atoms. The lowest BCUT2D eigenvalue weighted by molar-refractivity contribution is 0.262. The average Bonchev–Trinajstić information content (AvgIpc) is 3.35. The molecular formula is C23H25F2N5O3S. The second kappa shape index (κ2) is 8.39. The van der Waals surface area contributed by atoms with E-state index in [9.17, 15) is 22.0 Å². The van der Waals surface area contributed by atoms with Gasteiger partial charge in [0.1, 0.15) is 5.82 Å². The van der Waals surface area contributed by atoms with Crippen molar-refractivity contribution in [3.05, 3.63) is 65.4 Å². The Hall–Kier alpha value is -3.47. The minimum absolute atomic E-state index is 0.294. The van der Waals surface area contributed by atoms with Crippen molar-refractivity contribution in [1.82, 2.24) is 9.78 Å². The molecule has 0 spiro atoms. The van der Waals surface area contributed by atoms with Crippen molar-refractivity contribution in [2.75, 3.05) is 27.7 Å². The van der Waals surface area contributed by atoms with Crippen LogP contribution in [0, 0.1) is 11.6 Å². The summed E-state index contributed by atoms with van der Waals surface area (Å²) < 4.78 is 54.4. The number of amides is 2. The molecular weight excluding hydrogens is 464 g/mol. The van der Waals surface area contributed by atoms with Crippen molar-refractivity contribution >= 4 is 33.2 Å². The molecule has 34 heavy (non-hydrogen) atoms. The number of fused-ring (bicyclic) bond motifs is 1. The van der Waals surface area contributed by atoms with Gasteiger partial charge in [-0.2, -0.15) is 5.10 Å². The van der Waals surface area contributed by atoms with Crippen molar-refractivity contribution in [2.45, 2.75) is 32.6 Å². The number of halogens is 2. The van der Waals surface area contributed by atoms with Crippen LogP contribution in [-0.4, -0.2) is 37.0 Å². The summed E-state index contributed by atoms with van der Waals surface area (Å²) >= 11 is 0. The fraction of sp³-hybridized carbons (Fsp3) is 0.304. The Kier molecular flexibility index (Phi) is 5.84. The highest BCUT2D eigenvalue weighted by Gasteiger charge is 2.27. The number of nitrogens with zero attached hydrogens (tertiary/aromatic N) is 3. The molecule has 0 unspecified atom stereocenters. The van der Waals surface area contributed by atoms with E-state index in [2.05, 4.69) is 15.7 Å². The molecule has 180 valence electrons. The number of sulfonamides is 1. The first-order valence-corrected chi connectivity index (χ1v) is 12.4. The van der Waals surface area contributed by atoms with E-state index in [4.69, 9.17) is 0 Å². The molecule has 0 saturated heterocycles. The Balaban J connectivity index is 1.68. The van der Waals surface area contributed by atoms with Gasteiger partial charge in [0.05, 0.1) is 29.0 Å². The number of aromatic nitrogens is 2. The molecule has 8 nitrogen and oxygen atoms in total.